The number of ether oxygens (including phenoxy) is 1. The van der Waals surface area contributed by atoms with Gasteiger partial charge in [0.1, 0.15) is 6.61 Å². The van der Waals surface area contributed by atoms with Crippen LogP contribution in [-0.4, -0.2) is 25.4 Å². The lowest BCUT2D eigenvalue weighted by Gasteiger charge is -2.09. The van der Waals surface area contributed by atoms with Crippen LogP contribution in [0.5, 0.6) is 0 Å². The van der Waals surface area contributed by atoms with E-state index in [1.165, 1.54) is 0 Å². The average Bonchev–Trinajstić information content (AvgIpc) is 2.67. The third-order valence-electron chi connectivity index (χ3n) is 2.82. The van der Waals surface area contributed by atoms with Gasteiger partial charge in [0.05, 0.1) is 5.75 Å². The highest BCUT2D eigenvalue weighted by Gasteiger charge is 2.38. The fourth-order valence-electron chi connectivity index (χ4n) is 1.88. The number of rotatable bonds is 3. The van der Waals surface area contributed by atoms with Crippen molar-refractivity contribution in [3.05, 3.63) is 35.9 Å². The maximum atomic E-state index is 11.6. The molecule has 0 radical (unpaired) electrons. The summed E-state index contributed by atoms with van der Waals surface area (Å²) in [5.41, 5.74) is 0.858. The lowest BCUT2D eigenvalue weighted by molar-refractivity contribution is -0.144. The second kappa shape index (κ2) is 4.87. The number of carbonyl (C=O) groups is 1. The van der Waals surface area contributed by atoms with Gasteiger partial charge in [-0.25, -0.2) is 8.42 Å². The van der Waals surface area contributed by atoms with E-state index in [4.69, 9.17) is 4.74 Å². The zero-order valence-corrected chi connectivity index (χ0v) is 10.2. The molecule has 17 heavy (non-hydrogen) atoms. The summed E-state index contributed by atoms with van der Waals surface area (Å²) in [4.78, 5) is 11.6. The van der Waals surface area contributed by atoms with Crippen molar-refractivity contribution in [1.82, 2.24) is 0 Å². The van der Waals surface area contributed by atoms with Crippen molar-refractivity contribution >= 4 is 15.8 Å². The molecule has 0 N–H and O–H groups in total. The van der Waals surface area contributed by atoms with Gasteiger partial charge >= 0.3 is 5.97 Å². The minimum atomic E-state index is -3.27. The summed E-state index contributed by atoms with van der Waals surface area (Å²) < 4.78 is 28.1. The molecular weight excluding hydrogens is 240 g/mol. The summed E-state index contributed by atoms with van der Waals surface area (Å²) in [6, 6.07) is 9.21. The van der Waals surface area contributed by atoms with E-state index in [-0.39, 0.29) is 12.4 Å². The van der Waals surface area contributed by atoms with E-state index in [2.05, 4.69) is 0 Å². The minimum absolute atomic E-state index is 0.0953. The molecule has 1 saturated heterocycles. The van der Waals surface area contributed by atoms with Gasteiger partial charge in [-0.2, -0.15) is 0 Å². The van der Waals surface area contributed by atoms with Gasteiger partial charge in [0.2, 0.25) is 0 Å². The number of hydrogen-bond donors (Lipinski definition) is 0. The van der Waals surface area contributed by atoms with Crippen LogP contribution in [-0.2, 0) is 26.0 Å². The van der Waals surface area contributed by atoms with Crippen molar-refractivity contribution in [2.75, 3.05) is 5.75 Å². The first-order chi connectivity index (χ1) is 8.09. The van der Waals surface area contributed by atoms with Crippen LogP contribution in [0.3, 0.4) is 0 Å². The van der Waals surface area contributed by atoms with E-state index in [1.54, 1.807) is 0 Å². The van der Waals surface area contributed by atoms with Gasteiger partial charge in [0.15, 0.2) is 15.1 Å². The third-order valence-corrected chi connectivity index (χ3v) is 4.97. The van der Waals surface area contributed by atoms with E-state index in [0.717, 1.165) is 5.56 Å². The van der Waals surface area contributed by atoms with E-state index < -0.39 is 21.1 Å². The Kier molecular flexibility index (Phi) is 3.47. The smallest absolute Gasteiger partial charge is 0.324 e. The maximum absolute atomic E-state index is 11.6. The summed E-state index contributed by atoms with van der Waals surface area (Å²) in [6.45, 7) is 0.131. The predicted molar refractivity (Wildman–Crippen MR) is 63.0 cm³/mol. The van der Waals surface area contributed by atoms with Crippen LogP contribution in [0, 0.1) is 0 Å². The first kappa shape index (κ1) is 12.1. The molecular formula is C12H14O4S. The summed E-state index contributed by atoms with van der Waals surface area (Å²) in [5, 5.41) is -0.953. The Hall–Kier alpha value is -1.36. The van der Waals surface area contributed by atoms with Crippen molar-refractivity contribution in [3.8, 4) is 0 Å². The van der Waals surface area contributed by atoms with Crippen LogP contribution in [0.15, 0.2) is 30.3 Å². The lowest BCUT2D eigenvalue weighted by Crippen LogP contribution is -2.28. The molecule has 1 aromatic carbocycles. The molecule has 1 aliphatic heterocycles. The predicted octanol–water partition coefficient (Wildman–Crippen LogP) is 1.31. The summed E-state index contributed by atoms with van der Waals surface area (Å²) in [5.74, 6) is -0.524. The fraction of sp³-hybridized carbons (Fsp3) is 0.417. The number of benzene rings is 1. The summed E-state index contributed by atoms with van der Waals surface area (Å²) >= 11 is 0. The summed E-state index contributed by atoms with van der Waals surface area (Å²) in [7, 11) is -3.27. The quantitative estimate of drug-likeness (QED) is 0.763. The molecule has 1 heterocycles. The van der Waals surface area contributed by atoms with Gasteiger partial charge in [0.25, 0.3) is 0 Å². The largest absolute Gasteiger partial charge is 0.460 e. The van der Waals surface area contributed by atoms with Crippen LogP contribution in [0.25, 0.3) is 0 Å². The third kappa shape index (κ3) is 2.85. The topological polar surface area (TPSA) is 60.4 Å². The Morgan fingerprint density at radius 2 is 2.00 bits per heavy atom. The summed E-state index contributed by atoms with van der Waals surface area (Å²) in [6.07, 6.45) is 0.934. The fourth-order valence-corrected chi connectivity index (χ4v) is 3.62. The molecule has 4 nitrogen and oxygen atoms in total. The minimum Gasteiger partial charge on any atom is -0.460 e. The highest BCUT2D eigenvalue weighted by Crippen LogP contribution is 2.21. The van der Waals surface area contributed by atoms with Crippen molar-refractivity contribution in [3.63, 3.8) is 0 Å². The van der Waals surface area contributed by atoms with Gasteiger partial charge in [-0.1, -0.05) is 30.3 Å². The highest BCUT2D eigenvalue weighted by molar-refractivity contribution is 7.93. The maximum Gasteiger partial charge on any atom is 0.324 e. The van der Waals surface area contributed by atoms with Crippen LogP contribution in [0.1, 0.15) is 18.4 Å². The molecule has 2 rings (SSSR count). The Balaban J connectivity index is 1.94. The number of carbonyl (C=O) groups excluding carboxylic acids is 1. The standard InChI is InChI=1S/C12H14O4S/c13-12(11-7-4-8-17(11,14)15)16-9-10-5-2-1-3-6-10/h1-3,5-6,11H,4,7-9H2. The Bertz CT molecular complexity index is 492. The van der Waals surface area contributed by atoms with Crippen LogP contribution >= 0.6 is 0 Å². The average molecular weight is 254 g/mol. The van der Waals surface area contributed by atoms with Gasteiger partial charge in [-0.3, -0.25) is 4.79 Å². The molecule has 5 heteroatoms. The molecule has 1 unspecified atom stereocenters. The van der Waals surface area contributed by atoms with Crippen LogP contribution in [0.2, 0.25) is 0 Å². The first-order valence-electron chi connectivity index (χ1n) is 5.52. The molecule has 1 aromatic rings. The van der Waals surface area contributed by atoms with Gasteiger partial charge in [0, 0.05) is 0 Å². The first-order valence-corrected chi connectivity index (χ1v) is 7.23. The van der Waals surface area contributed by atoms with Crippen molar-refractivity contribution in [2.24, 2.45) is 0 Å². The molecule has 1 fully saturated rings. The molecule has 1 atom stereocenters. The SMILES string of the molecule is O=C(OCc1ccccc1)C1CCCS1(=O)=O. The Labute approximate surface area is 101 Å². The molecule has 0 aliphatic carbocycles. The van der Waals surface area contributed by atoms with Crippen molar-refractivity contribution in [2.45, 2.75) is 24.7 Å². The van der Waals surface area contributed by atoms with Crippen molar-refractivity contribution < 1.29 is 17.9 Å². The second-order valence-electron chi connectivity index (χ2n) is 4.09. The van der Waals surface area contributed by atoms with E-state index in [0.29, 0.717) is 12.8 Å². The Morgan fingerprint density at radius 1 is 1.29 bits per heavy atom. The van der Waals surface area contributed by atoms with Gasteiger partial charge in [-0.05, 0) is 18.4 Å². The molecule has 1 aliphatic rings. The van der Waals surface area contributed by atoms with Gasteiger partial charge < -0.3 is 4.74 Å². The number of hydrogen-bond acceptors (Lipinski definition) is 4. The number of sulfone groups is 1. The molecule has 0 bridgehead atoms. The number of esters is 1. The van der Waals surface area contributed by atoms with Crippen LogP contribution < -0.4 is 0 Å². The molecule has 0 spiro atoms. The second-order valence-corrected chi connectivity index (χ2v) is 6.39. The van der Waals surface area contributed by atoms with Gasteiger partial charge in [-0.15, -0.1) is 0 Å². The highest BCUT2D eigenvalue weighted by atomic mass is 32.2. The lowest BCUT2D eigenvalue weighted by atomic mass is 10.2. The molecule has 0 aromatic heterocycles. The van der Waals surface area contributed by atoms with Crippen LogP contribution in [0.4, 0.5) is 0 Å². The zero-order valence-electron chi connectivity index (χ0n) is 9.33. The Morgan fingerprint density at radius 3 is 2.59 bits per heavy atom. The molecule has 92 valence electrons. The normalized spacial score (nSPS) is 22.2. The molecule has 0 saturated carbocycles. The van der Waals surface area contributed by atoms with Crippen molar-refractivity contribution in [1.29, 1.82) is 0 Å². The van der Waals surface area contributed by atoms with E-state index in [9.17, 15) is 13.2 Å². The van der Waals surface area contributed by atoms with E-state index in [1.807, 2.05) is 30.3 Å². The molecule has 0 amide bonds. The van der Waals surface area contributed by atoms with E-state index >= 15 is 0 Å². The zero-order chi connectivity index (χ0) is 12.3. The monoisotopic (exact) mass is 254 g/mol.